The van der Waals surface area contributed by atoms with Gasteiger partial charge in [-0.2, -0.15) is 0 Å². The topological polar surface area (TPSA) is 67.6 Å². The van der Waals surface area contributed by atoms with Gasteiger partial charge >= 0.3 is 0 Å². The highest BCUT2D eigenvalue weighted by atomic mass is 32.1. The molecule has 0 bridgehead atoms. The molecule has 0 saturated heterocycles. The normalized spacial score (nSPS) is 11.9. The Morgan fingerprint density at radius 1 is 1.18 bits per heavy atom. The summed E-state index contributed by atoms with van der Waals surface area (Å²) in [5, 5.41) is 3.64. The van der Waals surface area contributed by atoms with Crippen LogP contribution in [0.2, 0.25) is 0 Å². The zero-order valence-corrected chi connectivity index (χ0v) is 18.9. The van der Waals surface area contributed by atoms with Gasteiger partial charge in [-0.05, 0) is 31.6 Å². The van der Waals surface area contributed by atoms with E-state index in [1.165, 1.54) is 11.3 Å². The molecule has 1 aliphatic carbocycles. The van der Waals surface area contributed by atoms with Crippen LogP contribution in [0.5, 0.6) is 0 Å². The van der Waals surface area contributed by atoms with Crippen molar-refractivity contribution in [3.63, 3.8) is 0 Å². The number of pyridine rings is 1. The van der Waals surface area contributed by atoms with Gasteiger partial charge in [-0.25, -0.2) is 9.97 Å². The summed E-state index contributed by atoms with van der Waals surface area (Å²) in [7, 11) is 0. The molecular weight excluding hydrogens is 384 g/mol. The maximum atomic E-state index is 5.65. The molecule has 0 spiro atoms. The van der Waals surface area contributed by atoms with Gasteiger partial charge in [0.05, 0.1) is 5.69 Å². The first-order chi connectivity index (χ1) is 13.6. The fraction of sp³-hybridized carbons (Fsp3) is 0.273. The van der Waals surface area contributed by atoms with Crippen molar-refractivity contribution in [2.24, 2.45) is 0 Å². The number of nitrogens with zero attached hydrogens (tertiary/aromatic N) is 2. The number of H-pyrrole nitrogens is 1. The van der Waals surface area contributed by atoms with Gasteiger partial charge in [-0.15, -0.1) is 24.0 Å². The summed E-state index contributed by atoms with van der Waals surface area (Å²) in [6, 6.07) is 4.04. The van der Waals surface area contributed by atoms with Gasteiger partial charge in [0.15, 0.2) is 5.13 Å². The Labute approximate surface area is 177 Å². The number of hydrogen-bond donors (Lipinski definition) is 3. The van der Waals surface area contributed by atoms with E-state index >= 15 is 0 Å². The van der Waals surface area contributed by atoms with Crippen LogP contribution in [0.3, 0.4) is 0 Å². The second-order valence-electron chi connectivity index (χ2n) is 5.30. The van der Waals surface area contributed by atoms with Gasteiger partial charge in [0.1, 0.15) is 5.65 Å². The molecule has 0 saturated carbocycles. The molecular formula is C22H30N4S2. The first-order valence-corrected chi connectivity index (χ1v) is 10.8. The number of thiol groups is 1. The molecule has 0 amide bonds. The average molecular weight is 415 g/mol. The molecule has 150 valence electrons. The van der Waals surface area contributed by atoms with Crippen LogP contribution in [0.25, 0.3) is 22.3 Å². The summed E-state index contributed by atoms with van der Waals surface area (Å²) in [5.41, 5.74) is 9.62. The number of aryl methyl sites for hydroxylation is 1. The monoisotopic (exact) mass is 414 g/mol. The molecule has 1 aliphatic rings. The second-order valence-corrected chi connectivity index (χ2v) is 6.71. The summed E-state index contributed by atoms with van der Waals surface area (Å²) in [4.78, 5) is 12.8. The highest BCUT2D eigenvalue weighted by molar-refractivity contribution is 7.84. The van der Waals surface area contributed by atoms with E-state index in [1.54, 1.807) is 6.20 Å². The number of allylic oxidation sites excluding steroid dienone is 5. The van der Waals surface area contributed by atoms with E-state index in [0.717, 1.165) is 39.3 Å². The number of fused-ring (bicyclic) bond motifs is 1. The minimum Gasteiger partial charge on any atom is -0.375 e. The minimum absolute atomic E-state index is 0.590. The number of nitrogens with two attached hydrogens (primary N) is 1. The lowest BCUT2D eigenvalue weighted by Gasteiger charge is -1.97. The minimum atomic E-state index is 0.590. The Balaban J connectivity index is 0.000000277. The maximum Gasteiger partial charge on any atom is 0.180 e. The van der Waals surface area contributed by atoms with Crippen molar-refractivity contribution < 1.29 is 0 Å². The summed E-state index contributed by atoms with van der Waals surface area (Å²) in [5.74, 6) is 0. The molecule has 3 heterocycles. The van der Waals surface area contributed by atoms with Crippen LogP contribution in [0.4, 0.5) is 5.13 Å². The van der Waals surface area contributed by atoms with E-state index in [0.29, 0.717) is 5.13 Å². The summed E-state index contributed by atoms with van der Waals surface area (Å²) >= 11 is 5.60. The molecule has 0 fully saturated rings. The Hall–Kier alpha value is -2.31. The molecule has 4 rings (SSSR count). The summed E-state index contributed by atoms with van der Waals surface area (Å²) in [6.07, 6.45) is 13.0. The Morgan fingerprint density at radius 3 is 2.61 bits per heavy atom. The first-order valence-electron chi connectivity index (χ1n) is 9.51. The molecule has 3 aromatic rings. The molecule has 0 aliphatic heterocycles. The van der Waals surface area contributed by atoms with Crippen LogP contribution in [0, 0.1) is 6.92 Å². The molecule has 0 aromatic carbocycles. The average Bonchev–Trinajstić information content (AvgIpc) is 3.24. The van der Waals surface area contributed by atoms with E-state index < -0.39 is 0 Å². The highest BCUT2D eigenvalue weighted by Crippen LogP contribution is 2.29. The highest BCUT2D eigenvalue weighted by Gasteiger charge is 2.09. The lowest BCUT2D eigenvalue weighted by atomic mass is 10.1. The van der Waals surface area contributed by atoms with Crippen LogP contribution >= 0.6 is 24.0 Å². The van der Waals surface area contributed by atoms with Crippen molar-refractivity contribution in [2.75, 3.05) is 5.73 Å². The quantitative estimate of drug-likeness (QED) is 0.378. The van der Waals surface area contributed by atoms with Gasteiger partial charge in [-0.1, -0.05) is 52.0 Å². The van der Waals surface area contributed by atoms with Gasteiger partial charge in [0, 0.05) is 33.1 Å². The maximum absolute atomic E-state index is 5.65. The largest absolute Gasteiger partial charge is 0.375 e. The first kappa shape index (κ1) is 23.7. The lowest BCUT2D eigenvalue weighted by molar-refractivity contribution is 1.25. The van der Waals surface area contributed by atoms with Gasteiger partial charge < -0.3 is 10.7 Å². The van der Waals surface area contributed by atoms with E-state index in [4.69, 9.17) is 5.73 Å². The van der Waals surface area contributed by atoms with Gasteiger partial charge in [0.25, 0.3) is 0 Å². The van der Waals surface area contributed by atoms with E-state index in [2.05, 4.69) is 45.8 Å². The number of rotatable bonds is 1. The zero-order valence-electron chi connectivity index (χ0n) is 17.2. The fourth-order valence-electron chi connectivity index (χ4n) is 2.36. The molecule has 6 heteroatoms. The molecule has 4 nitrogen and oxygen atoms in total. The summed E-state index contributed by atoms with van der Waals surface area (Å²) < 4.78 is 0. The van der Waals surface area contributed by atoms with Crippen molar-refractivity contribution in [1.29, 1.82) is 0 Å². The van der Waals surface area contributed by atoms with Crippen LogP contribution in [-0.2, 0) is 0 Å². The van der Waals surface area contributed by atoms with E-state index in [-0.39, 0.29) is 0 Å². The molecule has 3 aromatic heterocycles. The summed E-state index contributed by atoms with van der Waals surface area (Å²) in [6.45, 7) is 10.0. The van der Waals surface area contributed by atoms with Crippen molar-refractivity contribution >= 4 is 40.1 Å². The standard InChI is InChI=1S/C11H10N4S.C7H8S.2C2H6/c1-6-4-8-7(2-3-13-10(8)14-6)9-5-16-11(12)15-9;8-7-5-3-1-2-4-6-7;2*1-2/h2-5H,1H3,(H2,12,15)(H,13,14);1,3-6,8H,2H2;2*1-2H3. The van der Waals surface area contributed by atoms with Gasteiger partial charge in [0.2, 0.25) is 0 Å². The van der Waals surface area contributed by atoms with Crippen LogP contribution in [0.15, 0.2) is 59.0 Å². The number of nitrogen functional groups attached to an aromatic ring is 1. The molecule has 0 atom stereocenters. The van der Waals surface area contributed by atoms with Crippen LogP contribution < -0.4 is 5.73 Å². The predicted octanol–water partition coefficient (Wildman–Crippen LogP) is 6.95. The Bertz CT molecular complexity index is 933. The number of hydrogen-bond acceptors (Lipinski definition) is 5. The number of nitrogens with one attached hydrogen (secondary N) is 1. The molecule has 0 unspecified atom stereocenters. The Morgan fingerprint density at radius 2 is 1.93 bits per heavy atom. The number of aromatic amines is 1. The van der Waals surface area contributed by atoms with Crippen LogP contribution in [-0.4, -0.2) is 15.0 Å². The third-order valence-electron chi connectivity index (χ3n) is 3.43. The third-order valence-corrected chi connectivity index (χ3v) is 4.40. The lowest BCUT2D eigenvalue weighted by Crippen LogP contribution is -1.84. The Kier molecular flexibility index (Phi) is 11.0. The predicted molar refractivity (Wildman–Crippen MR) is 129 cm³/mol. The van der Waals surface area contributed by atoms with Crippen LogP contribution in [0.1, 0.15) is 39.8 Å². The smallest absolute Gasteiger partial charge is 0.180 e. The fourth-order valence-corrected chi connectivity index (χ4v) is 3.12. The number of aromatic nitrogens is 3. The van der Waals surface area contributed by atoms with E-state index in [1.807, 2.05) is 64.3 Å². The molecule has 28 heavy (non-hydrogen) atoms. The zero-order chi connectivity index (χ0) is 20.9. The number of anilines is 1. The van der Waals surface area contributed by atoms with Crippen molar-refractivity contribution in [3.8, 4) is 11.3 Å². The molecule has 3 N–H and O–H groups in total. The van der Waals surface area contributed by atoms with Crippen molar-refractivity contribution in [2.45, 2.75) is 41.0 Å². The third kappa shape index (κ3) is 7.02. The number of thiazole rings is 1. The second kappa shape index (κ2) is 13.0. The van der Waals surface area contributed by atoms with E-state index in [9.17, 15) is 0 Å². The van der Waals surface area contributed by atoms with Crippen molar-refractivity contribution in [1.82, 2.24) is 15.0 Å². The van der Waals surface area contributed by atoms with Gasteiger partial charge in [-0.3, -0.25) is 0 Å². The van der Waals surface area contributed by atoms with Crippen molar-refractivity contribution in [3.05, 3.63) is 64.7 Å². The molecule has 0 radical (unpaired) electrons. The SMILES string of the molecule is CC.CC.Cc1cc2c(-c3csc(N)n3)ccnc2[nH]1.SC1=CC=CCC=C1.